The number of alkyl halides is 15. The molecule has 0 spiro atoms. The predicted molar refractivity (Wildman–Crippen MR) is 59.3 cm³/mol. The van der Waals surface area contributed by atoms with Gasteiger partial charge in [-0.15, -0.1) is 0 Å². The molecule has 1 atom stereocenters. The van der Waals surface area contributed by atoms with Crippen molar-refractivity contribution in [1.82, 2.24) is 0 Å². The van der Waals surface area contributed by atoms with E-state index in [9.17, 15) is 65.9 Å². The van der Waals surface area contributed by atoms with Gasteiger partial charge in [-0.25, -0.2) is 4.39 Å². The summed E-state index contributed by atoms with van der Waals surface area (Å²) in [5.41, 5.74) is -8.24. The van der Waals surface area contributed by atoms with Gasteiger partial charge in [-0.05, 0) is 12.8 Å². The van der Waals surface area contributed by atoms with E-state index in [4.69, 9.17) is 0 Å². The van der Waals surface area contributed by atoms with E-state index in [0.717, 1.165) is 0 Å². The van der Waals surface area contributed by atoms with Gasteiger partial charge in [0.05, 0.1) is 12.7 Å². The lowest BCUT2D eigenvalue weighted by Crippen LogP contribution is -2.75. The molecule has 0 radical (unpaired) electrons. The molecular weight excluding hydrogens is 445 g/mol. The zero-order valence-corrected chi connectivity index (χ0v) is 13.0. The van der Waals surface area contributed by atoms with E-state index >= 15 is 0 Å². The van der Waals surface area contributed by atoms with Gasteiger partial charge in [0.25, 0.3) is 0 Å². The van der Waals surface area contributed by atoms with Crippen LogP contribution in [-0.4, -0.2) is 54.4 Å². The van der Waals surface area contributed by atoms with E-state index < -0.39 is 67.1 Å². The Morgan fingerprint density at radius 2 is 1.00 bits per heavy atom. The molecule has 0 aromatic carbocycles. The largest absolute Gasteiger partial charge is 0.438 e. The van der Waals surface area contributed by atoms with Gasteiger partial charge >= 0.3 is 41.7 Å². The van der Waals surface area contributed by atoms with Crippen molar-refractivity contribution in [2.24, 2.45) is 0 Å². The highest BCUT2D eigenvalue weighted by molar-refractivity contribution is 5.16. The SMILES string of the molecule is FC(F)(F)C(F)(C(F)(F)F)C(F)(F)C(F)(F)C(F)(F)C(F)(F)CCCC1CO1. The number of epoxide rings is 1. The van der Waals surface area contributed by atoms with Crippen LogP contribution in [0.1, 0.15) is 19.3 Å². The van der Waals surface area contributed by atoms with Crippen molar-refractivity contribution < 1.29 is 70.6 Å². The Morgan fingerprint density at radius 3 is 1.32 bits per heavy atom. The minimum atomic E-state index is -8.34. The van der Waals surface area contributed by atoms with Crippen molar-refractivity contribution in [2.45, 2.75) is 67.1 Å². The average Bonchev–Trinajstić information content (AvgIpc) is 3.27. The summed E-state index contributed by atoms with van der Waals surface area (Å²) >= 11 is 0. The van der Waals surface area contributed by atoms with Crippen molar-refractivity contribution in [1.29, 1.82) is 0 Å². The van der Waals surface area contributed by atoms with E-state index in [2.05, 4.69) is 4.74 Å². The number of hydrogen-bond acceptors (Lipinski definition) is 1. The zero-order chi connectivity index (χ0) is 22.6. The second kappa shape index (κ2) is 6.72. The minimum Gasteiger partial charge on any atom is -0.373 e. The molecule has 1 unspecified atom stereocenters. The summed E-state index contributed by atoms with van der Waals surface area (Å²) in [6, 6.07) is 0. The highest BCUT2D eigenvalue weighted by Crippen LogP contribution is 2.64. The van der Waals surface area contributed by atoms with E-state index in [1.54, 1.807) is 0 Å². The van der Waals surface area contributed by atoms with Crippen LogP contribution in [0.25, 0.3) is 0 Å². The maximum absolute atomic E-state index is 13.4. The van der Waals surface area contributed by atoms with Crippen LogP contribution in [0.3, 0.4) is 0 Å². The molecule has 28 heavy (non-hydrogen) atoms. The quantitative estimate of drug-likeness (QED) is 0.327. The highest BCUT2D eigenvalue weighted by atomic mass is 19.4. The Balaban J connectivity index is 3.37. The van der Waals surface area contributed by atoms with Crippen molar-refractivity contribution in [3.63, 3.8) is 0 Å². The standard InChI is InChI=1S/C12H9F15O/c13-6(14,3-1-2-5-4-28-5)8(16,17)10(20,21)9(18,19)7(15,11(22,23)24)12(25,26)27/h5H,1-4H2. The maximum Gasteiger partial charge on any atom is 0.438 e. The van der Waals surface area contributed by atoms with Crippen LogP contribution in [0, 0.1) is 0 Å². The lowest BCUT2D eigenvalue weighted by molar-refractivity contribution is -0.457. The molecule has 0 aromatic heterocycles. The Bertz CT molecular complexity index is 542. The van der Waals surface area contributed by atoms with E-state index in [0.29, 0.717) is 0 Å². The molecule has 0 saturated carbocycles. The monoisotopic (exact) mass is 454 g/mol. The lowest BCUT2D eigenvalue weighted by Gasteiger charge is -2.43. The third kappa shape index (κ3) is 3.60. The number of ether oxygens (including phenoxy) is 1. The first-order chi connectivity index (χ1) is 12.1. The minimum absolute atomic E-state index is 0.0161. The molecule has 16 heteroatoms. The Kier molecular flexibility index (Phi) is 5.99. The summed E-state index contributed by atoms with van der Waals surface area (Å²) in [6.07, 6.45) is -20.4. The van der Waals surface area contributed by atoms with Crippen LogP contribution in [0.2, 0.25) is 0 Å². The fraction of sp³-hybridized carbons (Fsp3) is 1.00. The molecule has 0 aromatic rings. The van der Waals surface area contributed by atoms with Gasteiger partial charge in [-0.1, -0.05) is 0 Å². The lowest BCUT2D eigenvalue weighted by atomic mass is 9.85. The molecule has 1 saturated heterocycles. The molecule has 0 bridgehead atoms. The third-order valence-electron chi connectivity index (χ3n) is 3.88. The fourth-order valence-corrected chi connectivity index (χ4v) is 2.10. The highest BCUT2D eigenvalue weighted by Gasteiger charge is 2.95. The first kappa shape index (κ1) is 24.9. The van der Waals surface area contributed by atoms with Crippen LogP contribution in [-0.2, 0) is 4.74 Å². The molecule has 1 aliphatic rings. The van der Waals surface area contributed by atoms with E-state index in [1.165, 1.54) is 0 Å². The summed E-state index contributed by atoms with van der Waals surface area (Å²) in [7, 11) is 0. The molecule has 0 N–H and O–H groups in total. The molecular formula is C12H9F15O. The van der Waals surface area contributed by atoms with Gasteiger partial charge in [0, 0.05) is 6.42 Å². The smallest absolute Gasteiger partial charge is 0.373 e. The van der Waals surface area contributed by atoms with Gasteiger partial charge in [-0.3, -0.25) is 0 Å². The second-order valence-corrected chi connectivity index (χ2v) is 5.93. The number of halogens is 15. The maximum atomic E-state index is 13.4. The molecule has 1 rings (SSSR count). The second-order valence-electron chi connectivity index (χ2n) is 5.93. The van der Waals surface area contributed by atoms with Crippen molar-refractivity contribution in [3.8, 4) is 0 Å². The normalized spacial score (nSPS) is 20.5. The van der Waals surface area contributed by atoms with Gasteiger partial charge < -0.3 is 4.74 Å². The first-order valence-corrected chi connectivity index (χ1v) is 7.03. The fourth-order valence-electron chi connectivity index (χ4n) is 2.10. The molecule has 1 fully saturated rings. The van der Waals surface area contributed by atoms with Crippen LogP contribution < -0.4 is 0 Å². The third-order valence-corrected chi connectivity index (χ3v) is 3.88. The molecule has 0 amide bonds. The van der Waals surface area contributed by atoms with Crippen LogP contribution in [0.5, 0.6) is 0 Å². The number of rotatable bonds is 8. The molecule has 1 nitrogen and oxygen atoms in total. The summed E-state index contributed by atoms with van der Waals surface area (Å²) < 4.78 is 198. The zero-order valence-electron chi connectivity index (χ0n) is 13.0. The summed E-state index contributed by atoms with van der Waals surface area (Å²) in [4.78, 5) is 0. The van der Waals surface area contributed by atoms with Crippen molar-refractivity contribution in [3.05, 3.63) is 0 Å². The van der Waals surface area contributed by atoms with Gasteiger partial charge in [0.15, 0.2) is 0 Å². The summed E-state index contributed by atoms with van der Waals surface area (Å²) in [6.45, 7) is -0.0161. The molecule has 0 aliphatic carbocycles. The Labute approximate surface area is 145 Å². The van der Waals surface area contributed by atoms with Crippen LogP contribution in [0.4, 0.5) is 65.9 Å². The van der Waals surface area contributed by atoms with Crippen LogP contribution >= 0.6 is 0 Å². The van der Waals surface area contributed by atoms with Gasteiger partial charge in [-0.2, -0.15) is 61.5 Å². The van der Waals surface area contributed by atoms with Crippen molar-refractivity contribution in [2.75, 3.05) is 6.61 Å². The predicted octanol–water partition coefficient (Wildman–Crippen LogP) is 5.93. The first-order valence-electron chi connectivity index (χ1n) is 7.03. The summed E-state index contributed by atoms with van der Waals surface area (Å²) in [5, 5.41) is 0. The molecule has 1 heterocycles. The van der Waals surface area contributed by atoms with Crippen molar-refractivity contribution >= 4 is 0 Å². The number of hydrogen-bond donors (Lipinski definition) is 0. The Morgan fingerprint density at radius 1 is 0.607 bits per heavy atom. The van der Waals surface area contributed by atoms with Crippen LogP contribution in [0.15, 0.2) is 0 Å². The topological polar surface area (TPSA) is 12.5 Å². The van der Waals surface area contributed by atoms with Gasteiger partial charge in [0.1, 0.15) is 0 Å². The van der Waals surface area contributed by atoms with E-state index in [1.807, 2.05) is 0 Å². The Hall–Kier alpha value is -1.09. The molecule has 1 aliphatic heterocycles. The summed E-state index contributed by atoms with van der Waals surface area (Å²) in [5.74, 6) is -30.1. The van der Waals surface area contributed by atoms with E-state index in [-0.39, 0.29) is 6.61 Å². The van der Waals surface area contributed by atoms with Gasteiger partial charge in [0.2, 0.25) is 0 Å². The average molecular weight is 454 g/mol. The molecule has 168 valence electrons.